The van der Waals surface area contributed by atoms with E-state index in [1.54, 1.807) is 24.3 Å². The molecule has 0 bridgehead atoms. The molecule has 5 heteroatoms. The monoisotopic (exact) mass is 225 g/mol. The van der Waals surface area contributed by atoms with Crippen LogP contribution in [0.5, 0.6) is 5.75 Å². The average molecular weight is 225 g/mol. The average Bonchev–Trinajstić information content (AvgIpc) is 2.26. The van der Waals surface area contributed by atoms with E-state index < -0.39 is 12.4 Å². The Balaban J connectivity index is 2.84. The molecule has 0 aromatic heterocycles. The molecule has 0 fully saturated rings. The summed E-state index contributed by atoms with van der Waals surface area (Å²) in [7, 11) is 1.25. The van der Waals surface area contributed by atoms with Crippen LogP contribution in [-0.2, 0) is 0 Å². The minimum absolute atomic E-state index is 0.119. The quantitative estimate of drug-likeness (QED) is 0.714. The van der Waals surface area contributed by atoms with Gasteiger partial charge in [-0.25, -0.2) is 0 Å². The van der Waals surface area contributed by atoms with Crippen LogP contribution in [-0.4, -0.2) is 14.1 Å². The molecule has 0 N–H and O–H groups in total. The summed E-state index contributed by atoms with van der Waals surface area (Å²) in [6.07, 6.45) is 0. The Kier molecular flexibility index (Phi) is 2.54. The third kappa shape index (κ3) is 1.73. The van der Waals surface area contributed by atoms with E-state index in [0.717, 1.165) is 0 Å². The van der Waals surface area contributed by atoms with Crippen LogP contribution in [0.15, 0.2) is 36.4 Å². The van der Waals surface area contributed by atoms with E-state index in [2.05, 4.69) is 0 Å². The molecule has 0 spiro atoms. The molecule has 0 aliphatic heterocycles. The Labute approximate surface area is 90.9 Å². The minimum atomic E-state index is -5.08. The molecule has 0 saturated heterocycles. The van der Waals surface area contributed by atoms with Crippen LogP contribution in [0, 0.1) is 0 Å². The third-order valence-corrected chi connectivity index (χ3v) is 2.48. The maximum atomic E-state index is 12.9. The van der Waals surface area contributed by atoms with Crippen molar-refractivity contribution in [2.24, 2.45) is 0 Å². The van der Waals surface area contributed by atoms with Crippen LogP contribution >= 0.6 is 0 Å². The zero-order chi connectivity index (χ0) is 11.8. The Hall–Kier alpha value is -1.65. The van der Waals surface area contributed by atoms with Gasteiger partial charge in [-0.15, -0.1) is 0 Å². The first kappa shape index (κ1) is 10.9. The molecule has 0 saturated carbocycles. The van der Waals surface area contributed by atoms with Gasteiger partial charge in [-0.05, 0) is 16.8 Å². The largest absolute Gasteiger partial charge is 0.513 e. The van der Waals surface area contributed by atoms with Crippen molar-refractivity contribution in [1.82, 2.24) is 0 Å². The molecule has 0 heterocycles. The molecule has 0 aliphatic carbocycles. The summed E-state index contributed by atoms with van der Waals surface area (Å²) in [6, 6.07) is 9.39. The van der Waals surface area contributed by atoms with Crippen LogP contribution in [0.4, 0.5) is 12.9 Å². The summed E-state index contributed by atoms with van der Waals surface area (Å²) >= 11 is 0. The second-order valence-electron chi connectivity index (χ2n) is 3.48. The van der Waals surface area contributed by atoms with Gasteiger partial charge >= 0.3 is 6.98 Å². The molecule has 0 amide bonds. The zero-order valence-electron chi connectivity index (χ0n) is 8.58. The molecule has 1 nitrogen and oxygen atoms in total. The van der Waals surface area contributed by atoms with E-state index in [9.17, 15) is 12.9 Å². The maximum Gasteiger partial charge on any atom is 0.513 e. The van der Waals surface area contributed by atoms with Crippen molar-refractivity contribution < 1.29 is 17.7 Å². The van der Waals surface area contributed by atoms with Crippen molar-refractivity contribution in [2.45, 2.75) is 0 Å². The van der Waals surface area contributed by atoms with E-state index in [4.69, 9.17) is 4.74 Å². The highest BCUT2D eigenvalue weighted by Crippen LogP contribution is 2.24. The van der Waals surface area contributed by atoms with Crippen LogP contribution in [0.25, 0.3) is 10.8 Å². The van der Waals surface area contributed by atoms with Crippen LogP contribution < -0.4 is 10.2 Å². The van der Waals surface area contributed by atoms with Gasteiger partial charge in [0.25, 0.3) is 0 Å². The van der Waals surface area contributed by atoms with Gasteiger partial charge in [0, 0.05) is 0 Å². The van der Waals surface area contributed by atoms with Gasteiger partial charge in [-0.2, -0.15) is 0 Å². The van der Waals surface area contributed by atoms with Crippen LogP contribution in [0.2, 0.25) is 0 Å². The number of fused-ring (bicyclic) bond motifs is 1. The second kappa shape index (κ2) is 3.74. The molecule has 2 aromatic rings. The Morgan fingerprint density at radius 3 is 2.31 bits per heavy atom. The van der Waals surface area contributed by atoms with Gasteiger partial charge in [0.05, 0.1) is 12.9 Å². The van der Waals surface area contributed by atoms with Crippen molar-refractivity contribution in [3.63, 3.8) is 0 Å². The molecular weight excluding hydrogens is 216 g/mol. The molecule has 0 aliphatic rings. The molecule has 2 aromatic carbocycles. The number of methoxy groups -OCH3 is 1. The fraction of sp³-hybridized carbons (Fsp3) is 0.0909. The van der Waals surface area contributed by atoms with Gasteiger partial charge in [0.15, 0.2) is 0 Å². The summed E-state index contributed by atoms with van der Waals surface area (Å²) < 4.78 is 43.6. The van der Waals surface area contributed by atoms with E-state index >= 15 is 0 Å². The summed E-state index contributed by atoms with van der Waals surface area (Å²) in [5, 5.41) is 0.756. The predicted molar refractivity (Wildman–Crippen MR) is 59.2 cm³/mol. The van der Waals surface area contributed by atoms with E-state index in [1.807, 2.05) is 0 Å². The van der Waals surface area contributed by atoms with E-state index in [0.29, 0.717) is 5.39 Å². The number of rotatable bonds is 2. The minimum Gasteiger partial charge on any atom is -0.500 e. The second-order valence-corrected chi connectivity index (χ2v) is 3.48. The smallest absolute Gasteiger partial charge is 0.500 e. The van der Waals surface area contributed by atoms with Crippen LogP contribution in [0.3, 0.4) is 0 Å². The lowest BCUT2D eigenvalue weighted by atomic mass is 9.76. The molecule has 2 rings (SSSR count). The summed E-state index contributed by atoms with van der Waals surface area (Å²) in [5.74, 6) is -0.119. The van der Waals surface area contributed by atoms with Crippen molar-refractivity contribution in [3.05, 3.63) is 36.4 Å². The maximum absolute atomic E-state index is 12.9. The standard InChI is InChI=1S/C11H9BF3O/c1-16-10-7-6-8-4-2-3-5-9(8)11(10)12(13,14)15/h2-7H,1H3/q-1. The molecular formula is C11H9BF3O-. The van der Waals surface area contributed by atoms with E-state index in [1.165, 1.54) is 19.2 Å². The Bertz CT molecular complexity index is 522. The SMILES string of the molecule is COc1ccc2ccccc2c1[B-](F)(F)F. The van der Waals surface area contributed by atoms with Crippen molar-refractivity contribution in [3.8, 4) is 5.75 Å². The lowest BCUT2D eigenvalue weighted by Crippen LogP contribution is -2.35. The van der Waals surface area contributed by atoms with Gasteiger partial charge in [0.2, 0.25) is 0 Å². The number of ether oxygens (including phenoxy) is 1. The fourth-order valence-corrected chi connectivity index (χ4v) is 1.79. The number of halogens is 3. The normalized spacial score (nSPS) is 11.8. The highest BCUT2D eigenvalue weighted by Gasteiger charge is 2.31. The lowest BCUT2D eigenvalue weighted by molar-refractivity contribution is 0.413. The number of hydrogen-bond acceptors (Lipinski definition) is 1. The highest BCUT2D eigenvalue weighted by molar-refractivity contribution is 6.76. The summed E-state index contributed by atoms with van der Waals surface area (Å²) in [5.41, 5.74) is -0.652. The number of hydrogen-bond donors (Lipinski definition) is 0. The van der Waals surface area contributed by atoms with E-state index in [-0.39, 0.29) is 11.1 Å². The lowest BCUT2D eigenvalue weighted by Gasteiger charge is -2.21. The molecule has 16 heavy (non-hydrogen) atoms. The van der Waals surface area contributed by atoms with Crippen molar-refractivity contribution in [1.29, 1.82) is 0 Å². The van der Waals surface area contributed by atoms with Crippen LogP contribution in [0.1, 0.15) is 0 Å². The molecule has 84 valence electrons. The van der Waals surface area contributed by atoms with Gasteiger partial charge in [-0.3, -0.25) is 0 Å². The predicted octanol–water partition coefficient (Wildman–Crippen LogP) is 2.90. The first-order valence-corrected chi connectivity index (χ1v) is 4.79. The summed E-state index contributed by atoms with van der Waals surface area (Å²) in [6.45, 7) is -5.08. The van der Waals surface area contributed by atoms with Gasteiger partial charge < -0.3 is 17.7 Å². The summed E-state index contributed by atoms with van der Waals surface area (Å²) in [4.78, 5) is 0. The number of benzene rings is 2. The van der Waals surface area contributed by atoms with Crippen molar-refractivity contribution in [2.75, 3.05) is 7.11 Å². The molecule has 0 unspecified atom stereocenters. The topological polar surface area (TPSA) is 9.23 Å². The third-order valence-electron chi connectivity index (χ3n) is 2.48. The zero-order valence-corrected chi connectivity index (χ0v) is 8.58. The van der Waals surface area contributed by atoms with Gasteiger partial charge in [0.1, 0.15) is 0 Å². The first-order chi connectivity index (χ1) is 7.54. The first-order valence-electron chi connectivity index (χ1n) is 4.79. The Morgan fingerprint density at radius 1 is 1.00 bits per heavy atom. The highest BCUT2D eigenvalue weighted by atomic mass is 19.4. The Morgan fingerprint density at radius 2 is 1.69 bits per heavy atom. The van der Waals surface area contributed by atoms with Gasteiger partial charge in [-0.1, -0.05) is 35.8 Å². The fourth-order valence-electron chi connectivity index (χ4n) is 1.79. The van der Waals surface area contributed by atoms with Crippen molar-refractivity contribution >= 4 is 23.2 Å². The molecule has 0 radical (unpaired) electrons. The molecule has 0 atom stereocenters.